The molecular formula is C24H22Zr. The van der Waals surface area contributed by atoms with Gasteiger partial charge in [0.15, 0.2) is 0 Å². The zero-order valence-electron chi connectivity index (χ0n) is 14.8. The first kappa shape index (κ1) is 15.5. The van der Waals surface area contributed by atoms with Gasteiger partial charge in [0.05, 0.1) is 0 Å². The van der Waals surface area contributed by atoms with E-state index in [1.807, 2.05) is 0 Å². The minimum atomic E-state index is -2.57. The summed E-state index contributed by atoms with van der Waals surface area (Å²) in [5.41, 5.74) is 9.01. The van der Waals surface area contributed by atoms with Crippen LogP contribution in [0.4, 0.5) is 0 Å². The molecule has 0 N–H and O–H groups in total. The van der Waals surface area contributed by atoms with Gasteiger partial charge in [-0.3, -0.25) is 0 Å². The Bertz CT molecular complexity index is 1010. The van der Waals surface area contributed by atoms with Crippen LogP contribution in [0.15, 0.2) is 72.8 Å². The van der Waals surface area contributed by atoms with Gasteiger partial charge in [-0.2, -0.15) is 0 Å². The summed E-state index contributed by atoms with van der Waals surface area (Å²) in [6, 6.07) is 25.0. The number of hydrogen-bond donors (Lipinski definition) is 0. The molecule has 3 aromatic carbocycles. The maximum atomic E-state index is 2.62. The molecule has 1 heteroatoms. The van der Waals surface area contributed by atoms with Crippen molar-refractivity contribution < 1.29 is 20.3 Å². The Labute approximate surface area is 154 Å². The summed E-state index contributed by atoms with van der Waals surface area (Å²) in [5, 5.41) is 0. The summed E-state index contributed by atoms with van der Waals surface area (Å²) in [4.78, 5) is 0. The summed E-state index contributed by atoms with van der Waals surface area (Å²) in [7, 11) is 0. The third-order valence-electron chi connectivity index (χ3n) is 6.12. The molecule has 0 heterocycles. The van der Waals surface area contributed by atoms with Gasteiger partial charge in [-0.15, -0.1) is 0 Å². The Morgan fingerprint density at radius 1 is 0.800 bits per heavy atom. The molecule has 0 nitrogen and oxygen atoms in total. The van der Waals surface area contributed by atoms with Crippen LogP contribution in [0.2, 0.25) is 9.26 Å². The predicted molar refractivity (Wildman–Crippen MR) is 104 cm³/mol. The van der Waals surface area contributed by atoms with Crippen LogP contribution in [-0.4, -0.2) is 0 Å². The molecule has 122 valence electrons. The predicted octanol–water partition coefficient (Wildman–Crippen LogP) is 5.90. The van der Waals surface area contributed by atoms with Crippen molar-refractivity contribution in [3.63, 3.8) is 0 Å². The van der Waals surface area contributed by atoms with Crippen LogP contribution < -0.4 is 3.27 Å². The molecular weight excluding hydrogens is 379 g/mol. The summed E-state index contributed by atoms with van der Waals surface area (Å²) in [6.45, 7) is 0. The van der Waals surface area contributed by atoms with Crippen molar-refractivity contribution in [2.45, 2.75) is 19.3 Å². The second-order valence-electron chi connectivity index (χ2n) is 7.85. The number of benzene rings is 3. The second-order valence-corrected chi connectivity index (χ2v) is 19.2. The van der Waals surface area contributed by atoms with E-state index in [0.29, 0.717) is 3.63 Å². The molecule has 2 aliphatic carbocycles. The van der Waals surface area contributed by atoms with Gasteiger partial charge in [-0.05, 0) is 0 Å². The van der Waals surface area contributed by atoms with E-state index in [0.717, 1.165) is 6.42 Å². The molecule has 0 amide bonds. The zero-order chi connectivity index (χ0) is 17.0. The van der Waals surface area contributed by atoms with Crippen molar-refractivity contribution >= 4 is 9.35 Å². The summed E-state index contributed by atoms with van der Waals surface area (Å²) in [6.07, 6.45) is 5.94. The standard InChI is InChI=1S/C13H9.C9H7.2CH3.Zr/c1-3-7-12-10(5-1)9-11-6-2-4-8-13(11)12;1-2-5-9-7-3-6-8(9)4-1;;;/h1-5,7-8H,9H2;1-7H;2*1H3;. The molecule has 0 saturated carbocycles. The second kappa shape index (κ2) is 5.65. The molecule has 25 heavy (non-hydrogen) atoms. The van der Waals surface area contributed by atoms with Gasteiger partial charge in [0, 0.05) is 0 Å². The quantitative estimate of drug-likeness (QED) is 0.392. The number of rotatable bonds is 2. The van der Waals surface area contributed by atoms with Gasteiger partial charge in [-0.25, -0.2) is 0 Å². The van der Waals surface area contributed by atoms with Gasteiger partial charge < -0.3 is 0 Å². The Hall–Kier alpha value is -1.72. The number of hydrogen-bond acceptors (Lipinski definition) is 0. The van der Waals surface area contributed by atoms with Crippen molar-refractivity contribution in [2.24, 2.45) is 0 Å². The Morgan fingerprint density at radius 2 is 1.56 bits per heavy atom. The molecule has 1 unspecified atom stereocenters. The van der Waals surface area contributed by atoms with Gasteiger partial charge in [0.1, 0.15) is 0 Å². The first-order valence-electron chi connectivity index (χ1n) is 9.14. The monoisotopic (exact) mass is 400 g/mol. The molecule has 1 atom stereocenters. The van der Waals surface area contributed by atoms with Crippen LogP contribution in [0.25, 0.3) is 17.2 Å². The first-order valence-corrected chi connectivity index (χ1v) is 16.7. The maximum absolute atomic E-state index is 2.62. The summed E-state index contributed by atoms with van der Waals surface area (Å²) in [5.74, 6) is 0. The van der Waals surface area contributed by atoms with E-state index in [-0.39, 0.29) is 0 Å². The molecule has 0 saturated heterocycles. The average molecular weight is 402 g/mol. The Kier molecular flexibility index (Phi) is 3.51. The van der Waals surface area contributed by atoms with Crippen LogP contribution in [0.5, 0.6) is 0 Å². The van der Waals surface area contributed by atoms with E-state index < -0.39 is 20.3 Å². The SMILES string of the molecule is [CH3][Zr]([CH3])([c]1cccc2c1Cc1ccccc1-2)[CH]1C=Cc2ccccc21. The van der Waals surface area contributed by atoms with E-state index in [9.17, 15) is 0 Å². The molecule has 2 aliphatic rings. The molecule has 0 bridgehead atoms. The molecule has 0 fully saturated rings. The Morgan fingerprint density at radius 3 is 2.48 bits per heavy atom. The number of allylic oxidation sites excluding steroid dienone is 1. The molecule has 3 aromatic rings. The summed E-state index contributed by atoms with van der Waals surface area (Å²) >= 11 is -2.57. The topological polar surface area (TPSA) is 0 Å². The summed E-state index contributed by atoms with van der Waals surface area (Å²) < 4.78 is 7.57. The third kappa shape index (κ3) is 2.29. The van der Waals surface area contributed by atoms with E-state index >= 15 is 0 Å². The fraction of sp³-hybridized carbons (Fsp3) is 0.167. The van der Waals surface area contributed by atoms with E-state index in [2.05, 4.69) is 88.1 Å². The molecule has 5 rings (SSSR count). The van der Waals surface area contributed by atoms with Gasteiger partial charge >= 0.3 is 155 Å². The van der Waals surface area contributed by atoms with Crippen molar-refractivity contribution in [3.8, 4) is 11.1 Å². The van der Waals surface area contributed by atoms with Crippen LogP contribution in [0.1, 0.15) is 25.9 Å². The fourth-order valence-corrected chi connectivity index (χ4v) is 13.4. The van der Waals surface area contributed by atoms with Crippen LogP contribution >= 0.6 is 0 Å². The zero-order valence-corrected chi connectivity index (χ0v) is 17.2. The number of fused-ring (bicyclic) bond motifs is 4. The first-order chi connectivity index (χ1) is 12.2. The van der Waals surface area contributed by atoms with E-state index in [1.165, 1.54) is 22.3 Å². The molecule has 0 radical (unpaired) electrons. The van der Waals surface area contributed by atoms with Crippen molar-refractivity contribution in [1.82, 2.24) is 0 Å². The van der Waals surface area contributed by atoms with Crippen molar-refractivity contribution in [2.75, 3.05) is 0 Å². The minimum absolute atomic E-state index is 0.640. The van der Waals surface area contributed by atoms with Gasteiger partial charge in [-0.1, -0.05) is 0 Å². The van der Waals surface area contributed by atoms with E-state index in [4.69, 9.17) is 0 Å². The molecule has 0 aromatic heterocycles. The van der Waals surface area contributed by atoms with Crippen molar-refractivity contribution in [3.05, 3.63) is 95.1 Å². The van der Waals surface area contributed by atoms with Crippen LogP contribution in [0, 0.1) is 0 Å². The fourth-order valence-electron chi connectivity index (χ4n) is 4.81. The van der Waals surface area contributed by atoms with Crippen LogP contribution in [-0.2, 0) is 26.7 Å². The average Bonchev–Trinajstić information content (AvgIpc) is 3.23. The van der Waals surface area contributed by atoms with Gasteiger partial charge in [0.2, 0.25) is 0 Å². The van der Waals surface area contributed by atoms with E-state index in [1.54, 1.807) is 14.4 Å². The van der Waals surface area contributed by atoms with Gasteiger partial charge in [0.25, 0.3) is 0 Å². The Balaban J connectivity index is 1.65. The molecule has 0 aliphatic heterocycles. The van der Waals surface area contributed by atoms with Crippen LogP contribution in [0.3, 0.4) is 0 Å². The third-order valence-corrected chi connectivity index (χ3v) is 15.7. The van der Waals surface area contributed by atoms with Crippen molar-refractivity contribution in [1.29, 1.82) is 0 Å². The normalized spacial score (nSPS) is 17.3. The molecule has 0 spiro atoms.